The highest BCUT2D eigenvalue weighted by Crippen LogP contribution is 1.86. The lowest BCUT2D eigenvalue weighted by Gasteiger charge is -2.00. The Hall–Kier alpha value is -2.64. The second kappa shape index (κ2) is 15.4. The summed E-state index contributed by atoms with van der Waals surface area (Å²) < 4.78 is 8.55. The van der Waals surface area contributed by atoms with Crippen molar-refractivity contribution in [2.45, 2.75) is 65.5 Å². The number of rotatable bonds is 9. The normalized spacial score (nSPS) is 9.71. The van der Waals surface area contributed by atoms with Crippen molar-refractivity contribution in [3.05, 3.63) is 37.4 Å². The Labute approximate surface area is 167 Å². The Morgan fingerprint density at radius 3 is 1.36 bits per heavy atom. The van der Waals surface area contributed by atoms with Gasteiger partial charge >= 0.3 is 0 Å². The fraction of sp³-hybridized carbons (Fsp3) is 0.600. The van der Waals surface area contributed by atoms with E-state index >= 15 is 0 Å². The van der Waals surface area contributed by atoms with E-state index in [0.29, 0.717) is 0 Å². The monoisotopic (exact) mass is 394 g/mol. The van der Waals surface area contributed by atoms with E-state index in [9.17, 15) is 19.8 Å². The van der Waals surface area contributed by atoms with Gasteiger partial charge in [-0.2, -0.15) is 0 Å². The summed E-state index contributed by atoms with van der Waals surface area (Å²) in [5, 5.41) is 19.0. The first-order valence-corrected chi connectivity index (χ1v) is 9.70. The van der Waals surface area contributed by atoms with Crippen molar-refractivity contribution in [2.75, 3.05) is 0 Å². The van der Waals surface area contributed by atoms with E-state index in [4.69, 9.17) is 0 Å². The van der Waals surface area contributed by atoms with Gasteiger partial charge in [0.2, 0.25) is 12.7 Å². The van der Waals surface area contributed by atoms with Crippen LogP contribution < -0.4 is 19.3 Å². The van der Waals surface area contributed by atoms with Gasteiger partial charge in [-0.3, -0.25) is 0 Å². The lowest BCUT2D eigenvalue weighted by Crippen LogP contribution is -2.30. The Morgan fingerprint density at radius 1 is 0.786 bits per heavy atom. The summed E-state index contributed by atoms with van der Waals surface area (Å²) in [6.45, 7) is 6.72. The first-order valence-electron chi connectivity index (χ1n) is 9.70. The summed E-state index contributed by atoms with van der Waals surface area (Å²) in [5.41, 5.74) is 0. The van der Waals surface area contributed by atoms with Gasteiger partial charge in [0.25, 0.3) is 0 Å². The van der Waals surface area contributed by atoms with E-state index in [0.717, 1.165) is 13.1 Å². The number of imidazole rings is 2. The van der Waals surface area contributed by atoms with Crippen molar-refractivity contribution in [1.82, 2.24) is 9.13 Å². The SMILES string of the molecule is CCCC[n+]1ccn(C)c1.CCCC[n+]1ccn(C)c1.O=C([O-])CCC(=O)[O-]. The molecule has 0 fully saturated rings. The molecule has 8 nitrogen and oxygen atoms in total. The van der Waals surface area contributed by atoms with Crippen molar-refractivity contribution < 1.29 is 28.9 Å². The van der Waals surface area contributed by atoms with Gasteiger partial charge in [0, 0.05) is 11.9 Å². The second-order valence-corrected chi connectivity index (χ2v) is 6.58. The van der Waals surface area contributed by atoms with Crippen LogP contribution in [0.15, 0.2) is 37.4 Å². The Bertz CT molecular complexity index is 621. The van der Waals surface area contributed by atoms with E-state index in [2.05, 4.69) is 69.6 Å². The predicted octanol–water partition coefficient (Wildman–Crippen LogP) is -0.508. The number of carbonyl (C=O) groups excluding carboxylic acids is 2. The minimum absolute atomic E-state index is 0.470. The zero-order chi connectivity index (χ0) is 21.4. The largest absolute Gasteiger partial charge is 0.550 e. The number of aliphatic carboxylic acids is 2. The maximum atomic E-state index is 9.50. The molecule has 0 spiro atoms. The Kier molecular flexibility index (Phi) is 14.0. The van der Waals surface area contributed by atoms with Gasteiger partial charge < -0.3 is 19.8 Å². The third-order valence-electron chi connectivity index (χ3n) is 3.72. The molecule has 0 aliphatic carbocycles. The molecule has 2 aromatic heterocycles. The minimum Gasteiger partial charge on any atom is -0.550 e. The van der Waals surface area contributed by atoms with Crippen LogP contribution in [0.25, 0.3) is 0 Å². The van der Waals surface area contributed by atoms with Crippen LogP contribution in [-0.2, 0) is 36.8 Å². The van der Waals surface area contributed by atoms with Gasteiger partial charge in [0.1, 0.15) is 24.8 Å². The molecule has 28 heavy (non-hydrogen) atoms. The molecule has 0 saturated carbocycles. The molecule has 0 aliphatic heterocycles. The van der Waals surface area contributed by atoms with Gasteiger partial charge in [-0.15, -0.1) is 0 Å². The number of carboxylic acid groups (broad SMARTS) is 2. The van der Waals surface area contributed by atoms with E-state index in [-0.39, 0.29) is 0 Å². The van der Waals surface area contributed by atoms with Crippen molar-refractivity contribution in [3.8, 4) is 0 Å². The van der Waals surface area contributed by atoms with Crippen LogP contribution in [0.2, 0.25) is 0 Å². The number of carboxylic acids is 2. The topological polar surface area (TPSA) is 97.9 Å². The summed E-state index contributed by atoms with van der Waals surface area (Å²) in [6.07, 6.45) is 16.7. The quantitative estimate of drug-likeness (QED) is 0.535. The van der Waals surface area contributed by atoms with E-state index in [1.165, 1.54) is 25.7 Å². The molecule has 2 aromatic rings. The fourth-order valence-corrected chi connectivity index (χ4v) is 2.15. The molecular weight excluding hydrogens is 360 g/mol. The molecule has 0 unspecified atom stereocenters. The Balaban J connectivity index is 0.000000394. The van der Waals surface area contributed by atoms with Gasteiger partial charge in [-0.05, 0) is 25.7 Å². The molecule has 0 bridgehead atoms. The highest BCUT2D eigenvalue weighted by molar-refractivity contribution is 5.72. The van der Waals surface area contributed by atoms with Crippen LogP contribution in [0.4, 0.5) is 0 Å². The molecule has 0 aliphatic rings. The molecule has 8 heteroatoms. The van der Waals surface area contributed by atoms with Crippen LogP contribution in [0, 0.1) is 0 Å². The number of hydrogen-bond acceptors (Lipinski definition) is 4. The number of aromatic nitrogens is 4. The molecule has 2 heterocycles. The van der Waals surface area contributed by atoms with Crippen LogP contribution in [0.3, 0.4) is 0 Å². The summed E-state index contributed by atoms with van der Waals surface area (Å²) >= 11 is 0. The van der Waals surface area contributed by atoms with Crippen LogP contribution in [0.5, 0.6) is 0 Å². The van der Waals surface area contributed by atoms with Crippen LogP contribution in [0.1, 0.15) is 52.4 Å². The lowest BCUT2D eigenvalue weighted by atomic mass is 10.3. The van der Waals surface area contributed by atoms with E-state index in [1.54, 1.807) is 0 Å². The average molecular weight is 395 g/mol. The molecular formula is C20H34N4O4. The summed E-state index contributed by atoms with van der Waals surface area (Å²) in [5.74, 6) is -2.73. The number of unbranched alkanes of at least 4 members (excludes halogenated alkanes) is 2. The van der Waals surface area contributed by atoms with Crippen molar-refractivity contribution in [2.24, 2.45) is 14.1 Å². The van der Waals surface area contributed by atoms with Crippen molar-refractivity contribution in [1.29, 1.82) is 0 Å². The highest BCUT2D eigenvalue weighted by Gasteiger charge is 1.97. The van der Waals surface area contributed by atoms with Gasteiger partial charge in [-0.1, -0.05) is 26.7 Å². The molecule has 0 saturated heterocycles. The number of nitrogens with zero attached hydrogens (tertiary/aromatic N) is 4. The smallest absolute Gasteiger partial charge is 0.243 e. The standard InChI is InChI=1S/2C8H15N2.C4H6O4/c2*1-3-4-5-10-7-6-9(2)8-10;5-3(6)1-2-4(7)8/h2*6-8H,3-5H2,1-2H3;1-2H2,(H,5,6)(H,7,8)/q2*+1;/p-2. The molecule has 158 valence electrons. The third kappa shape index (κ3) is 14.5. The second-order valence-electron chi connectivity index (χ2n) is 6.58. The summed E-state index contributed by atoms with van der Waals surface area (Å²) in [7, 11) is 4.09. The first kappa shape index (κ1) is 25.4. The van der Waals surface area contributed by atoms with Gasteiger partial charge in [0.15, 0.2) is 0 Å². The molecule has 2 rings (SSSR count). The molecule has 0 atom stereocenters. The molecule has 0 N–H and O–H groups in total. The minimum atomic E-state index is -1.37. The van der Waals surface area contributed by atoms with Gasteiger partial charge in [0.05, 0.1) is 27.2 Å². The van der Waals surface area contributed by atoms with Crippen LogP contribution >= 0.6 is 0 Å². The average Bonchev–Trinajstić information content (AvgIpc) is 3.25. The molecule has 0 radical (unpaired) electrons. The number of hydrogen-bond donors (Lipinski definition) is 0. The zero-order valence-electron chi connectivity index (χ0n) is 17.5. The van der Waals surface area contributed by atoms with Crippen molar-refractivity contribution in [3.63, 3.8) is 0 Å². The van der Waals surface area contributed by atoms with Gasteiger partial charge in [-0.25, -0.2) is 18.3 Å². The maximum Gasteiger partial charge on any atom is 0.243 e. The zero-order valence-corrected chi connectivity index (χ0v) is 17.5. The lowest BCUT2D eigenvalue weighted by molar-refractivity contribution is -0.696. The van der Waals surface area contributed by atoms with Crippen molar-refractivity contribution >= 4 is 11.9 Å². The summed E-state index contributed by atoms with van der Waals surface area (Å²) in [4.78, 5) is 19.0. The third-order valence-corrected chi connectivity index (χ3v) is 3.72. The van der Waals surface area contributed by atoms with E-state index in [1.807, 2.05) is 14.1 Å². The summed E-state index contributed by atoms with van der Waals surface area (Å²) in [6, 6.07) is 0. The number of carbonyl (C=O) groups is 2. The highest BCUT2D eigenvalue weighted by atomic mass is 16.4. The fourth-order valence-electron chi connectivity index (χ4n) is 2.15. The molecule has 0 aromatic carbocycles. The maximum absolute atomic E-state index is 9.50. The first-order chi connectivity index (χ1) is 13.3. The number of aryl methyl sites for hydroxylation is 4. The Morgan fingerprint density at radius 2 is 1.14 bits per heavy atom. The predicted molar refractivity (Wildman–Crippen MR) is 100 cm³/mol. The van der Waals surface area contributed by atoms with Crippen LogP contribution in [-0.4, -0.2) is 21.1 Å². The molecule has 0 amide bonds. The van der Waals surface area contributed by atoms with E-state index < -0.39 is 24.8 Å².